The van der Waals surface area contributed by atoms with E-state index in [4.69, 9.17) is 14.6 Å². The van der Waals surface area contributed by atoms with E-state index in [0.717, 1.165) is 6.20 Å². The van der Waals surface area contributed by atoms with Crippen LogP contribution in [0.4, 0.5) is 20.2 Å². The first-order valence-electron chi connectivity index (χ1n) is 9.92. The minimum atomic E-state index is -4.18. The molecule has 4 rings (SSSR count). The fraction of sp³-hybridized carbons (Fsp3) is 0.136. The molecule has 10 nitrogen and oxygen atoms in total. The summed E-state index contributed by atoms with van der Waals surface area (Å²) in [6.07, 6.45) is 2.64. The van der Waals surface area contributed by atoms with Crippen LogP contribution in [0.5, 0.6) is 17.6 Å². The Morgan fingerprint density at radius 3 is 2.51 bits per heavy atom. The van der Waals surface area contributed by atoms with Gasteiger partial charge in [0.2, 0.25) is 15.9 Å². The number of fused-ring (bicyclic) bond motifs is 1. The van der Waals surface area contributed by atoms with Crippen LogP contribution in [0.15, 0.2) is 59.8 Å². The maximum Gasteiger partial charge on any atom is 0.387 e. The van der Waals surface area contributed by atoms with Crippen molar-refractivity contribution in [2.45, 2.75) is 11.5 Å². The molecule has 2 aromatic carbocycles. The molecule has 0 bridgehead atoms. The normalized spacial score (nSPS) is 11.5. The number of alkyl halides is 2. The summed E-state index contributed by atoms with van der Waals surface area (Å²) in [5, 5.41) is 8.76. The lowest BCUT2D eigenvalue weighted by Crippen LogP contribution is -2.15. The average molecular weight is 503 g/mol. The van der Waals surface area contributed by atoms with Gasteiger partial charge in [-0.2, -0.15) is 13.8 Å². The Kier molecular flexibility index (Phi) is 6.62. The van der Waals surface area contributed by atoms with Gasteiger partial charge in [0.1, 0.15) is 10.6 Å². The van der Waals surface area contributed by atoms with Gasteiger partial charge in [0.25, 0.3) is 0 Å². The molecular weight excluding hydrogens is 484 g/mol. The van der Waals surface area contributed by atoms with E-state index in [2.05, 4.69) is 25.0 Å². The summed E-state index contributed by atoms with van der Waals surface area (Å²) >= 11 is 0. The van der Waals surface area contributed by atoms with Crippen molar-refractivity contribution in [3.05, 3.63) is 54.9 Å². The number of nitrogens with zero attached hydrogens (tertiary/aromatic N) is 3. The standard InChI is InChI=1S/C22H19F2N5O5S/c1-32-20-16(10-27-22(29-20)33-2)12-6-7-15-17(8-12)26-11-18(35(25,30)31)19(15)28-13-4-3-5-14(9-13)34-21(23)24/h3-11,21H,1-2H3,(H,26,28)(H2,25,30,31). The van der Waals surface area contributed by atoms with Crippen molar-refractivity contribution in [1.82, 2.24) is 15.0 Å². The smallest absolute Gasteiger partial charge is 0.387 e. The van der Waals surface area contributed by atoms with Gasteiger partial charge in [0, 0.05) is 29.5 Å². The third-order valence-electron chi connectivity index (χ3n) is 4.89. The first-order valence-corrected chi connectivity index (χ1v) is 11.5. The molecule has 0 atom stereocenters. The number of nitrogens with two attached hydrogens (primary N) is 1. The maximum absolute atomic E-state index is 12.6. The summed E-state index contributed by atoms with van der Waals surface area (Å²) in [6.45, 7) is -3.01. The zero-order chi connectivity index (χ0) is 25.2. The largest absolute Gasteiger partial charge is 0.480 e. The van der Waals surface area contributed by atoms with Crippen molar-refractivity contribution in [2.24, 2.45) is 5.14 Å². The van der Waals surface area contributed by atoms with Crippen LogP contribution in [0.25, 0.3) is 22.0 Å². The molecule has 0 amide bonds. The van der Waals surface area contributed by atoms with E-state index < -0.39 is 16.6 Å². The molecule has 2 heterocycles. The number of methoxy groups -OCH3 is 2. The minimum Gasteiger partial charge on any atom is -0.480 e. The Morgan fingerprint density at radius 2 is 1.83 bits per heavy atom. The number of halogens is 2. The van der Waals surface area contributed by atoms with Gasteiger partial charge in [0.15, 0.2) is 0 Å². The molecule has 0 aliphatic heterocycles. The molecule has 35 heavy (non-hydrogen) atoms. The van der Waals surface area contributed by atoms with Crippen LogP contribution in [0.2, 0.25) is 0 Å². The van der Waals surface area contributed by atoms with Crippen molar-refractivity contribution in [2.75, 3.05) is 19.5 Å². The second kappa shape index (κ2) is 9.64. The lowest BCUT2D eigenvalue weighted by atomic mass is 10.0. The second-order valence-corrected chi connectivity index (χ2v) is 8.62. The van der Waals surface area contributed by atoms with Crippen LogP contribution in [-0.2, 0) is 10.0 Å². The fourth-order valence-electron chi connectivity index (χ4n) is 3.38. The monoisotopic (exact) mass is 503 g/mol. The molecule has 0 aliphatic rings. The zero-order valence-corrected chi connectivity index (χ0v) is 19.2. The summed E-state index contributed by atoms with van der Waals surface area (Å²) in [5.74, 6) is 0.168. The number of aromatic nitrogens is 3. The highest BCUT2D eigenvalue weighted by molar-refractivity contribution is 7.89. The van der Waals surface area contributed by atoms with Crippen LogP contribution in [-0.4, -0.2) is 44.2 Å². The molecule has 0 fully saturated rings. The van der Waals surface area contributed by atoms with E-state index in [1.165, 1.54) is 38.6 Å². The Labute approximate surface area is 198 Å². The predicted octanol–water partition coefficient (Wildman–Crippen LogP) is 3.70. The van der Waals surface area contributed by atoms with Crippen LogP contribution >= 0.6 is 0 Å². The number of ether oxygens (including phenoxy) is 3. The molecule has 0 spiro atoms. The molecule has 0 saturated carbocycles. The van der Waals surface area contributed by atoms with Crippen molar-refractivity contribution in [1.29, 1.82) is 0 Å². The SMILES string of the molecule is COc1ncc(-c2ccc3c(Nc4cccc(OC(F)F)c4)c(S(N)(=O)=O)cnc3c2)c(OC)n1. The number of hydrogen-bond donors (Lipinski definition) is 2. The lowest BCUT2D eigenvalue weighted by Gasteiger charge is -2.15. The van der Waals surface area contributed by atoms with Crippen molar-refractivity contribution in [3.8, 4) is 28.8 Å². The number of hydrogen-bond acceptors (Lipinski definition) is 9. The molecule has 0 radical (unpaired) electrons. The van der Waals surface area contributed by atoms with Gasteiger partial charge in [-0.3, -0.25) is 4.98 Å². The molecular formula is C22H19F2N5O5S. The van der Waals surface area contributed by atoms with Crippen LogP contribution in [0.3, 0.4) is 0 Å². The topological polar surface area (TPSA) is 139 Å². The van der Waals surface area contributed by atoms with Crippen LogP contribution in [0.1, 0.15) is 0 Å². The number of anilines is 2. The van der Waals surface area contributed by atoms with E-state index in [1.807, 2.05) is 0 Å². The summed E-state index contributed by atoms with van der Waals surface area (Å²) in [5.41, 5.74) is 2.03. The number of benzene rings is 2. The summed E-state index contributed by atoms with van der Waals surface area (Å²) in [7, 11) is -1.30. The second-order valence-electron chi connectivity index (χ2n) is 7.09. The van der Waals surface area contributed by atoms with Crippen LogP contribution in [0, 0.1) is 0 Å². The average Bonchev–Trinajstić information content (AvgIpc) is 2.82. The van der Waals surface area contributed by atoms with Gasteiger partial charge in [-0.1, -0.05) is 18.2 Å². The highest BCUT2D eigenvalue weighted by atomic mass is 32.2. The Balaban J connectivity index is 1.84. The number of pyridine rings is 1. The highest BCUT2D eigenvalue weighted by Crippen LogP contribution is 2.36. The number of nitrogens with one attached hydrogen (secondary N) is 1. The molecule has 13 heteroatoms. The van der Waals surface area contributed by atoms with E-state index in [0.29, 0.717) is 27.7 Å². The van der Waals surface area contributed by atoms with Crippen molar-refractivity contribution in [3.63, 3.8) is 0 Å². The van der Waals surface area contributed by atoms with E-state index in [1.54, 1.807) is 24.3 Å². The summed E-state index contributed by atoms with van der Waals surface area (Å²) in [6, 6.07) is 10.9. The lowest BCUT2D eigenvalue weighted by molar-refractivity contribution is -0.0498. The fourth-order valence-corrected chi connectivity index (χ4v) is 4.03. The summed E-state index contributed by atoms with van der Waals surface area (Å²) in [4.78, 5) is 12.2. The minimum absolute atomic E-state index is 0.102. The zero-order valence-electron chi connectivity index (χ0n) is 18.4. The molecule has 4 aromatic rings. The van der Waals surface area contributed by atoms with Crippen molar-refractivity contribution < 1.29 is 31.4 Å². The van der Waals surface area contributed by atoms with Crippen LogP contribution < -0.4 is 24.7 Å². The predicted molar refractivity (Wildman–Crippen MR) is 124 cm³/mol. The third kappa shape index (κ3) is 5.20. The van der Waals surface area contributed by atoms with E-state index in [-0.39, 0.29) is 28.2 Å². The molecule has 3 N–H and O–H groups in total. The molecule has 0 unspecified atom stereocenters. The Morgan fingerprint density at radius 1 is 1.03 bits per heavy atom. The first-order chi connectivity index (χ1) is 16.7. The molecule has 0 saturated heterocycles. The van der Waals surface area contributed by atoms with Gasteiger partial charge >= 0.3 is 12.6 Å². The first kappa shape index (κ1) is 24.0. The quantitative estimate of drug-likeness (QED) is 0.368. The third-order valence-corrected chi connectivity index (χ3v) is 5.81. The highest BCUT2D eigenvalue weighted by Gasteiger charge is 2.20. The Bertz CT molecular complexity index is 1500. The van der Waals surface area contributed by atoms with E-state index in [9.17, 15) is 17.2 Å². The molecule has 182 valence electrons. The number of primary sulfonamides is 1. The summed E-state index contributed by atoms with van der Waals surface area (Å²) < 4.78 is 64.5. The molecule has 2 aromatic heterocycles. The van der Waals surface area contributed by atoms with Gasteiger partial charge in [-0.05, 0) is 23.8 Å². The van der Waals surface area contributed by atoms with Crippen molar-refractivity contribution >= 4 is 32.3 Å². The maximum atomic E-state index is 12.6. The van der Waals surface area contributed by atoms with E-state index >= 15 is 0 Å². The van der Waals surface area contributed by atoms with Gasteiger partial charge < -0.3 is 19.5 Å². The number of rotatable bonds is 8. The Hall–Kier alpha value is -4.10. The van der Waals surface area contributed by atoms with Gasteiger partial charge in [-0.15, -0.1) is 0 Å². The number of sulfonamides is 1. The van der Waals surface area contributed by atoms with Gasteiger partial charge in [0.05, 0.1) is 31.0 Å². The van der Waals surface area contributed by atoms with Gasteiger partial charge in [-0.25, -0.2) is 18.5 Å². The molecule has 0 aliphatic carbocycles.